The summed E-state index contributed by atoms with van der Waals surface area (Å²) in [6.45, 7) is 1.23. The fourth-order valence-corrected chi connectivity index (χ4v) is 4.62. The molecule has 2 aliphatic rings. The van der Waals surface area contributed by atoms with Crippen LogP contribution in [-0.4, -0.2) is 45.5 Å². The molecule has 7 heteroatoms. The molecule has 2 aliphatic heterocycles. The molecule has 0 saturated carbocycles. The van der Waals surface area contributed by atoms with Gasteiger partial charge in [0.15, 0.2) is 23.0 Å². The number of carbonyl (C=O) groups is 1. The molecule has 5 rings (SSSR count). The van der Waals surface area contributed by atoms with Crippen molar-refractivity contribution in [3.8, 4) is 39.9 Å². The van der Waals surface area contributed by atoms with Gasteiger partial charge in [-0.05, 0) is 52.9 Å². The molecule has 0 fully saturated rings. The van der Waals surface area contributed by atoms with Gasteiger partial charge in [0, 0.05) is 24.7 Å². The van der Waals surface area contributed by atoms with Crippen LogP contribution in [0.1, 0.15) is 16.7 Å². The van der Waals surface area contributed by atoms with Crippen LogP contribution in [0, 0.1) is 0 Å². The topological polar surface area (TPSA) is 66.5 Å². The number of rotatable bonds is 6. The lowest BCUT2D eigenvalue weighted by Crippen LogP contribution is -2.35. The highest BCUT2D eigenvalue weighted by Gasteiger charge is 2.30. The first-order valence-corrected chi connectivity index (χ1v) is 11.4. The average Bonchev–Trinajstić information content (AvgIpc) is 3.37. The number of hydrogen-bond donors (Lipinski definition) is 0. The minimum absolute atomic E-state index is 0.0342. The van der Waals surface area contributed by atoms with E-state index in [0.717, 1.165) is 27.8 Å². The van der Waals surface area contributed by atoms with Crippen molar-refractivity contribution >= 4 is 12.0 Å². The molecule has 0 unspecified atom stereocenters. The molecule has 3 aromatic rings. The van der Waals surface area contributed by atoms with E-state index >= 15 is 0 Å². The number of carbonyl (C=O) groups excluding carboxylic acids is 1. The van der Waals surface area contributed by atoms with Crippen molar-refractivity contribution in [2.45, 2.75) is 13.0 Å². The minimum Gasteiger partial charge on any atom is -0.493 e. The summed E-state index contributed by atoms with van der Waals surface area (Å²) in [5, 5.41) is 0. The quantitative estimate of drug-likeness (QED) is 0.484. The van der Waals surface area contributed by atoms with Gasteiger partial charge in [-0.2, -0.15) is 0 Å². The molecule has 3 aromatic carbocycles. The summed E-state index contributed by atoms with van der Waals surface area (Å²) in [6, 6.07) is 15.6. The minimum atomic E-state index is -0.0342. The van der Waals surface area contributed by atoms with Crippen molar-refractivity contribution in [2.75, 3.05) is 34.7 Å². The molecule has 7 nitrogen and oxygen atoms in total. The number of benzene rings is 3. The van der Waals surface area contributed by atoms with Gasteiger partial charge in [-0.3, -0.25) is 4.79 Å². The van der Waals surface area contributed by atoms with Gasteiger partial charge in [0.05, 0.1) is 21.3 Å². The Morgan fingerprint density at radius 1 is 0.971 bits per heavy atom. The Morgan fingerprint density at radius 3 is 2.40 bits per heavy atom. The van der Waals surface area contributed by atoms with Crippen LogP contribution in [0.2, 0.25) is 0 Å². The molecule has 0 aromatic heterocycles. The Balaban J connectivity index is 1.56. The summed E-state index contributed by atoms with van der Waals surface area (Å²) >= 11 is 0. The van der Waals surface area contributed by atoms with E-state index in [-0.39, 0.29) is 12.7 Å². The summed E-state index contributed by atoms with van der Waals surface area (Å²) in [5.74, 6) is 2.93. The summed E-state index contributed by atoms with van der Waals surface area (Å²) in [5.41, 5.74) is 4.86. The van der Waals surface area contributed by atoms with Crippen LogP contribution in [0.25, 0.3) is 17.2 Å². The van der Waals surface area contributed by atoms with Crippen LogP contribution in [0.15, 0.2) is 54.6 Å². The van der Waals surface area contributed by atoms with Crippen LogP contribution in [0.3, 0.4) is 0 Å². The molecule has 1 amide bonds. The van der Waals surface area contributed by atoms with E-state index in [4.69, 9.17) is 23.7 Å². The lowest BCUT2D eigenvalue weighted by atomic mass is 9.89. The fourth-order valence-electron chi connectivity index (χ4n) is 4.62. The highest BCUT2D eigenvalue weighted by molar-refractivity contribution is 5.92. The Kier molecular flexibility index (Phi) is 6.23. The van der Waals surface area contributed by atoms with E-state index < -0.39 is 0 Å². The van der Waals surface area contributed by atoms with Gasteiger partial charge in [-0.15, -0.1) is 0 Å². The zero-order valence-corrected chi connectivity index (χ0v) is 20.0. The van der Waals surface area contributed by atoms with Crippen LogP contribution in [-0.2, 0) is 17.8 Å². The van der Waals surface area contributed by atoms with Crippen LogP contribution in [0.5, 0.6) is 28.7 Å². The lowest BCUT2D eigenvalue weighted by molar-refractivity contribution is -0.126. The maximum atomic E-state index is 13.1. The highest BCUT2D eigenvalue weighted by Crippen LogP contribution is 2.50. The number of methoxy groups -OCH3 is 3. The zero-order valence-electron chi connectivity index (χ0n) is 20.0. The summed E-state index contributed by atoms with van der Waals surface area (Å²) < 4.78 is 28.3. The van der Waals surface area contributed by atoms with E-state index in [0.29, 0.717) is 48.3 Å². The van der Waals surface area contributed by atoms with E-state index in [2.05, 4.69) is 0 Å². The van der Waals surface area contributed by atoms with Crippen molar-refractivity contribution in [3.05, 3.63) is 71.3 Å². The molecule has 0 aliphatic carbocycles. The van der Waals surface area contributed by atoms with Gasteiger partial charge >= 0.3 is 0 Å². The predicted molar refractivity (Wildman–Crippen MR) is 132 cm³/mol. The molecule has 2 heterocycles. The van der Waals surface area contributed by atoms with E-state index in [1.165, 1.54) is 0 Å². The number of fused-ring (bicyclic) bond motifs is 2. The third-order valence-corrected chi connectivity index (χ3v) is 6.35. The molecular formula is C28H27NO6. The molecular weight excluding hydrogens is 446 g/mol. The summed E-state index contributed by atoms with van der Waals surface area (Å²) in [7, 11) is 4.75. The highest BCUT2D eigenvalue weighted by atomic mass is 16.7. The van der Waals surface area contributed by atoms with Gasteiger partial charge in [-0.25, -0.2) is 0 Å². The Bertz CT molecular complexity index is 1260. The maximum absolute atomic E-state index is 13.1. The van der Waals surface area contributed by atoms with E-state index in [1.807, 2.05) is 59.5 Å². The SMILES string of the molecule is COc1cc(-c2c3c(cc4c2OCO4)CCN(C(=O)/C=C/c2ccccc2)C3)cc(OC)c1OC. The smallest absolute Gasteiger partial charge is 0.246 e. The summed E-state index contributed by atoms with van der Waals surface area (Å²) in [6.07, 6.45) is 4.19. The first kappa shape index (κ1) is 22.7. The third-order valence-electron chi connectivity index (χ3n) is 6.35. The second-order valence-electron chi connectivity index (χ2n) is 8.29. The standard InChI is InChI=1S/C28H27NO6/c1-31-22-14-20(15-23(32-2)27(22)33-3)26-21-16-29(25(30)10-9-18-7-5-4-6-8-18)12-11-19(21)13-24-28(26)35-17-34-24/h4-10,13-15H,11-12,16-17H2,1-3H3/b10-9+. The van der Waals surface area contributed by atoms with Crippen molar-refractivity contribution in [1.29, 1.82) is 0 Å². The van der Waals surface area contributed by atoms with Gasteiger partial charge in [0.2, 0.25) is 18.4 Å². The first-order valence-electron chi connectivity index (χ1n) is 11.4. The Hall–Kier alpha value is -4.13. The monoisotopic (exact) mass is 473 g/mol. The van der Waals surface area contributed by atoms with Crippen molar-refractivity contribution < 1.29 is 28.5 Å². The number of amides is 1. The Labute approximate surface area is 204 Å². The molecule has 180 valence electrons. The molecule has 0 spiro atoms. The van der Waals surface area contributed by atoms with Gasteiger partial charge < -0.3 is 28.6 Å². The van der Waals surface area contributed by atoms with Crippen LogP contribution < -0.4 is 23.7 Å². The van der Waals surface area contributed by atoms with Gasteiger partial charge in [0.1, 0.15) is 0 Å². The number of nitrogens with zero attached hydrogens (tertiary/aromatic N) is 1. The predicted octanol–water partition coefficient (Wildman–Crippen LogP) is 4.71. The van der Waals surface area contributed by atoms with Crippen LogP contribution in [0.4, 0.5) is 0 Å². The van der Waals surface area contributed by atoms with E-state index in [1.54, 1.807) is 27.4 Å². The molecule has 35 heavy (non-hydrogen) atoms. The van der Waals surface area contributed by atoms with Crippen molar-refractivity contribution in [2.24, 2.45) is 0 Å². The molecule has 0 radical (unpaired) electrons. The lowest BCUT2D eigenvalue weighted by Gasteiger charge is -2.30. The molecule has 0 saturated heterocycles. The van der Waals surface area contributed by atoms with Crippen molar-refractivity contribution in [3.63, 3.8) is 0 Å². The molecule has 0 N–H and O–H groups in total. The van der Waals surface area contributed by atoms with Crippen LogP contribution >= 0.6 is 0 Å². The molecule has 0 atom stereocenters. The molecule has 0 bridgehead atoms. The second-order valence-corrected chi connectivity index (χ2v) is 8.29. The van der Waals surface area contributed by atoms with Gasteiger partial charge in [0.25, 0.3) is 0 Å². The number of hydrogen-bond acceptors (Lipinski definition) is 6. The van der Waals surface area contributed by atoms with E-state index in [9.17, 15) is 4.79 Å². The van der Waals surface area contributed by atoms with Gasteiger partial charge in [-0.1, -0.05) is 30.3 Å². The maximum Gasteiger partial charge on any atom is 0.246 e. The Morgan fingerprint density at radius 2 is 1.71 bits per heavy atom. The normalized spacial score (nSPS) is 14.1. The van der Waals surface area contributed by atoms with Crippen molar-refractivity contribution in [1.82, 2.24) is 4.90 Å². The third kappa shape index (κ3) is 4.25. The largest absolute Gasteiger partial charge is 0.493 e. The fraction of sp³-hybridized carbons (Fsp3) is 0.250. The first-order chi connectivity index (χ1) is 17.1. The second kappa shape index (κ2) is 9.62. The average molecular weight is 474 g/mol. The zero-order chi connectivity index (χ0) is 24.4. The summed E-state index contributed by atoms with van der Waals surface area (Å²) in [4.78, 5) is 14.9. The number of ether oxygens (including phenoxy) is 5.